The molecule has 0 bridgehead atoms. The summed E-state index contributed by atoms with van der Waals surface area (Å²) in [5, 5.41) is 9.55. The molecule has 0 atom stereocenters. The molecular formula is C15H10ClNO3. The zero-order valence-corrected chi connectivity index (χ0v) is 11.2. The summed E-state index contributed by atoms with van der Waals surface area (Å²) < 4.78 is 16.2. The fourth-order valence-electron chi connectivity index (χ4n) is 1.91. The maximum absolute atomic E-state index is 9.04. The van der Waals surface area contributed by atoms with E-state index in [0.29, 0.717) is 28.7 Å². The highest BCUT2D eigenvalue weighted by Crippen LogP contribution is 2.33. The smallest absolute Gasteiger partial charge is 0.231 e. The molecule has 0 aromatic heterocycles. The first-order valence-electron chi connectivity index (χ1n) is 5.97. The molecule has 0 saturated heterocycles. The van der Waals surface area contributed by atoms with Crippen LogP contribution in [-0.4, -0.2) is 6.79 Å². The van der Waals surface area contributed by atoms with E-state index in [0.717, 1.165) is 11.3 Å². The summed E-state index contributed by atoms with van der Waals surface area (Å²) in [6.45, 7) is 0.586. The van der Waals surface area contributed by atoms with Crippen LogP contribution in [0.25, 0.3) is 0 Å². The van der Waals surface area contributed by atoms with Gasteiger partial charge in [0, 0.05) is 5.02 Å². The first kappa shape index (κ1) is 12.6. The van der Waals surface area contributed by atoms with Gasteiger partial charge < -0.3 is 14.2 Å². The van der Waals surface area contributed by atoms with E-state index in [1.54, 1.807) is 18.2 Å². The van der Waals surface area contributed by atoms with Gasteiger partial charge in [0.25, 0.3) is 0 Å². The average molecular weight is 288 g/mol. The van der Waals surface area contributed by atoms with E-state index in [9.17, 15) is 0 Å². The van der Waals surface area contributed by atoms with Crippen LogP contribution in [0.1, 0.15) is 11.1 Å². The van der Waals surface area contributed by atoms with Gasteiger partial charge in [0.05, 0.1) is 5.56 Å². The second-order valence-corrected chi connectivity index (χ2v) is 4.67. The Morgan fingerprint density at radius 2 is 2.00 bits per heavy atom. The zero-order valence-electron chi connectivity index (χ0n) is 10.4. The molecule has 3 rings (SSSR count). The molecule has 2 aromatic carbocycles. The second-order valence-electron chi connectivity index (χ2n) is 4.23. The van der Waals surface area contributed by atoms with Crippen LogP contribution in [0, 0.1) is 11.3 Å². The van der Waals surface area contributed by atoms with Crippen LogP contribution in [0.15, 0.2) is 36.4 Å². The topological polar surface area (TPSA) is 51.5 Å². The molecule has 0 spiro atoms. The van der Waals surface area contributed by atoms with Crippen LogP contribution in [-0.2, 0) is 6.61 Å². The molecule has 20 heavy (non-hydrogen) atoms. The van der Waals surface area contributed by atoms with E-state index >= 15 is 0 Å². The molecule has 5 heteroatoms. The molecule has 1 aliphatic heterocycles. The van der Waals surface area contributed by atoms with Gasteiger partial charge in [0.1, 0.15) is 18.4 Å². The van der Waals surface area contributed by atoms with Crippen LogP contribution in [0.5, 0.6) is 17.2 Å². The molecule has 0 amide bonds. The highest BCUT2D eigenvalue weighted by molar-refractivity contribution is 6.30. The number of hydrogen-bond donors (Lipinski definition) is 0. The van der Waals surface area contributed by atoms with Gasteiger partial charge in [0.15, 0.2) is 11.5 Å². The molecule has 0 radical (unpaired) electrons. The van der Waals surface area contributed by atoms with Crippen molar-refractivity contribution in [2.24, 2.45) is 0 Å². The molecule has 0 fully saturated rings. The van der Waals surface area contributed by atoms with Crippen molar-refractivity contribution in [1.82, 2.24) is 0 Å². The van der Waals surface area contributed by atoms with Gasteiger partial charge in [-0.3, -0.25) is 0 Å². The first-order valence-corrected chi connectivity index (χ1v) is 6.35. The predicted molar refractivity (Wildman–Crippen MR) is 73.1 cm³/mol. The van der Waals surface area contributed by atoms with Crippen molar-refractivity contribution in [2.75, 3.05) is 6.79 Å². The molecule has 0 unspecified atom stereocenters. The fourth-order valence-corrected chi connectivity index (χ4v) is 2.08. The molecule has 0 N–H and O–H groups in total. The van der Waals surface area contributed by atoms with Crippen LogP contribution in [0.3, 0.4) is 0 Å². The lowest BCUT2D eigenvalue weighted by atomic mass is 10.2. The second kappa shape index (κ2) is 5.32. The zero-order chi connectivity index (χ0) is 13.9. The van der Waals surface area contributed by atoms with E-state index in [1.807, 2.05) is 18.2 Å². The van der Waals surface area contributed by atoms with Crippen molar-refractivity contribution >= 4 is 11.6 Å². The first-order chi connectivity index (χ1) is 9.76. The van der Waals surface area contributed by atoms with Crippen molar-refractivity contribution in [3.8, 4) is 23.3 Å². The number of halogens is 1. The van der Waals surface area contributed by atoms with Crippen molar-refractivity contribution in [3.63, 3.8) is 0 Å². The Kier molecular flexibility index (Phi) is 3.36. The molecule has 1 heterocycles. The molecule has 100 valence electrons. The Bertz CT molecular complexity index is 694. The molecule has 0 saturated carbocycles. The lowest BCUT2D eigenvalue weighted by Crippen LogP contribution is -1.97. The highest BCUT2D eigenvalue weighted by atomic mass is 35.5. The number of nitriles is 1. The van der Waals surface area contributed by atoms with E-state index in [1.165, 1.54) is 0 Å². The summed E-state index contributed by atoms with van der Waals surface area (Å²) in [6.07, 6.45) is 0. The van der Waals surface area contributed by atoms with Gasteiger partial charge in [-0.15, -0.1) is 0 Å². The molecule has 4 nitrogen and oxygen atoms in total. The third kappa shape index (κ3) is 2.49. The number of nitrogens with zero attached hydrogens (tertiary/aromatic N) is 1. The summed E-state index contributed by atoms with van der Waals surface area (Å²) >= 11 is 5.84. The number of hydrogen-bond acceptors (Lipinski definition) is 4. The maximum Gasteiger partial charge on any atom is 0.231 e. The molecule has 0 aliphatic carbocycles. The summed E-state index contributed by atoms with van der Waals surface area (Å²) in [7, 11) is 0. The summed E-state index contributed by atoms with van der Waals surface area (Å²) in [5.74, 6) is 1.95. The minimum atomic E-state index is 0.245. The quantitative estimate of drug-likeness (QED) is 0.867. The Morgan fingerprint density at radius 1 is 1.15 bits per heavy atom. The number of benzene rings is 2. The Labute approximate surface area is 121 Å². The summed E-state index contributed by atoms with van der Waals surface area (Å²) in [5.41, 5.74) is 1.35. The van der Waals surface area contributed by atoms with Crippen LogP contribution in [0.2, 0.25) is 5.02 Å². The molecule has 1 aliphatic rings. The lowest BCUT2D eigenvalue weighted by Gasteiger charge is -2.08. The Hall–Kier alpha value is -2.38. The highest BCUT2D eigenvalue weighted by Gasteiger charge is 2.13. The Balaban J connectivity index is 1.75. The Morgan fingerprint density at radius 3 is 2.85 bits per heavy atom. The number of rotatable bonds is 3. The van der Waals surface area contributed by atoms with Crippen molar-refractivity contribution in [1.29, 1.82) is 5.26 Å². The van der Waals surface area contributed by atoms with Gasteiger partial charge in [-0.1, -0.05) is 17.7 Å². The van der Waals surface area contributed by atoms with Crippen molar-refractivity contribution in [2.45, 2.75) is 6.61 Å². The standard InChI is InChI=1S/C15H10ClNO3/c16-12-2-4-13(11(6-12)7-17)18-8-10-1-3-14-15(5-10)20-9-19-14/h1-6H,8-9H2. The lowest BCUT2D eigenvalue weighted by molar-refractivity contribution is 0.174. The van der Waals surface area contributed by atoms with E-state index in [4.69, 9.17) is 31.1 Å². The molecular weight excluding hydrogens is 278 g/mol. The maximum atomic E-state index is 9.04. The largest absolute Gasteiger partial charge is 0.488 e. The van der Waals surface area contributed by atoms with Gasteiger partial charge in [-0.05, 0) is 35.9 Å². The number of fused-ring (bicyclic) bond motifs is 1. The van der Waals surface area contributed by atoms with E-state index < -0.39 is 0 Å². The van der Waals surface area contributed by atoms with Gasteiger partial charge >= 0.3 is 0 Å². The third-order valence-corrected chi connectivity index (χ3v) is 3.13. The van der Waals surface area contributed by atoms with E-state index in [2.05, 4.69) is 6.07 Å². The third-order valence-electron chi connectivity index (χ3n) is 2.89. The van der Waals surface area contributed by atoms with Gasteiger partial charge in [-0.25, -0.2) is 0 Å². The fraction of sp³-hybridized carbons (Fsp3) is 0.133. The monoisotopic (exact) mass is 287 g/mol. The number of ether oxygens (including phenoxy) is 3. The van der Waals surface area contributed by atoms with Gasteiger partial charge in [0.2, 0.25) is 6.79 Å². The minimum Gasteiger partial charge on any atom is -0.488 e. The van der Waals surface area contributed by atoms with Crippen molar-refractivity contribution in [3.05, 3.63) is 52.5 Å². The van der Waals surface area contributed by atoms with Crippen LogP contribution in [0.4, 0.5) is 0 Å². The summed E-state index contributed by atoms with van der Waals surface area (Å²) in [6, 6.07) is 12.6. The van der Waals surface area contributed by atoms with E-state index in [-0.39, 0.29) is 6.79 Å². The minimum absolute atomic E-state index is 0.245. The molecule has 2 aromatic rings. The average Bonchev–Trinajstić information content (AvgIpc) is 2.93. The van der Waals surface area contributed by atoms with Crippen molar-refractivity contribution < 1.29 is 14.2 Å². The predicted octanol–water partition coefficient (Wildman–Crippen LogP) is 3.52. The normalized spacial score (nSPS) is 12.0. The summed E-state index contributed by atoms with van der Waals surface area (Å²) in [4.78, 5) is 0. The van der Waals surface area contributed by atoms with Crippen LogP contribution < -0.4 is 14.2 Å². The SMILES string of the molecule is N#Cc1cc(Cl)ccc1OCc1ccc2c(c1)OCO2. The van der Waals surface area contributed by atoms with Gasteiger partial charge in [-0.2, -0.15) is 5.26 Å². The van der Waals surface area contributed by atoms with Crippen LogP contribution >= 0.6 is 11.6 Å².